The molecule has 0 radical (unpaired) electrons. The maximum Gasteiger partial charge on any atom is 0.328 e. The van der Waals surface area contributed by atoms with E-state index in [9.17, 15) is 9.59 Å². The van der Waals surface area contributed by atoms with Crippen molar-refractivity contribution in [3.05, 3.63) is 0 Å². The highest BCUT2D eigenvalue weighted by molar-refractivity contribution is 6.76. The van der Waals surface area contributed by atoms with Crippen LogP contribution in [0, 0.1) is 0 Å². The Bertz CT molecular complexity index is 240. The Morgan fingerprint density at radius 2 is 1.93 bits per heavy atom. The van der Waals surface area contributed by atoms with E-state index < -0.39 is 21.7 Å². The topological polar surface area (TPSA) is 55.4 Å². The lowest BCUT2D eigenvalue weighted by molar-refractivity contribution is -0.145. The quantitative estimate of drug-likeness (QED) is 0.629. The third-order valence-corrected chi connectivity index (χ3v) is 2.14. The summed E-state index contributed by atoms with van der Waals surface area (Å²) in [6, 6.07) is -0.775. The summed E-state index contributed by atoms with van der Waals surface area (Å²) in [5.74, 6) is -1.39. The Labute approximate surface area is 103 Å². The Morgan fingerprint density at radius 3 is 2.27 bits per heavy atom. The summed E-state index contributed by atoms with van der Waals surface area (Å²) in [7, 11) is 1.23. The molecule has 0 aromatic rings. The van der Waals surface area contributed by atoms with Crippen molar-refractivity contribution in [3.63, 3.8) is 0 Å². The Morgan fingerprint density at radius 1 is 1.40 bits per heavy atom. The van der Waals surface area contributed by atoms with Gasteiger partial charge in [0, 0.05) is 0 Å². The molecule has 1 N–H and O–H groups in total. The van der Waals surface area contributed by atoms with Gasteiger partial charge in [-0.05, 0) is 6.42 Å². The van der Waals surface area contributed by atoms with Gasteiger partial charge < -0.3 is 10.1 Å². The van der Waals surface area contributed by atoms with Crippen LogP contribution in [0.3, 0.4) is 0 Å². The smallest absolute Gasteiger partial charge is 0.328 e. The summed E-state index contributed by atoms with van der Waals surface area (Å²) < 4.78 is 2.43. The number of esters is 1. The second-order valence-corrected chi connectivity index (χ2v) is 5.12. The molecule has 0 aliphatic rings. The first kappa shape index (κ1) is 14.8. The van der Waals surface area contributed by atoms with Crippen LogP contribution in [-0.2, 0) is 14.3 Å². The SMILES string of the molecule is CCC[C@H](NC(=O)C(Cl)(Cl)Cl)C(=O)OC. The second kappa shape index (κ2) is 6.40. The van der Waals surface area contributed by atoms with Gasteiger partial charge in [0.25, 0.3) is 9.70 Å². The molecule has 0 heterocycles. The molecule has 0 aromatic carbocycles. The summed E-state index contributed by atoms with van der Waals surface area (Å²) in [5.41, 5.74) is 0. The first-order valence-electron chi connectivity index (χ1n) is 4.28. The number of carbonyl (C=O) groups excluding carboxylic acids is 2. The highest BCUT2D eigenvalue weighted by atomic mass is 35.6. The number of hydrogen-bond donors (Lipinski definition) is 1. The molecule has 4 nitrogen and oxygen atoms in total. The average Bonchev–Trinajstić information content (AvgIpc) is 2.14. The Kier molecular flexibility index (Phi) is 6.32. The maximum absolute atomic E-state index is 11.3. The van der Waals surface area contributed by atoms with Crippen LogP contribution in [-0.4, -0.2) is 28.8 Å². The van der Waals surface area contributed by atoms with E-state index in [1.54, 1.807) is 0 Å². The van der Waals surface area contributed by atoms with Gasteiger partial charge in [-0.2, -0.15) is 0 Å². The summed E-state index contributed by atoms with van der Waals surface area (Å²) in [5, 5.41) is 2.30. The molecule has 88 valence electrons. The van der Waals surface area contributed by atoms with E-state index in [-0.39, 0.29) is 0 Å². The molecular formula is C8H12Cl3NO3. The van der Waals surface area contributed by atoms with Crippen molar-refractivity contribution in [3.8, 4) is 0 Å². The molecular weight excluding hydrogens is 264 g/mol. The molecule has 0 bridgehead atoms. The van der Waals surface area contributed by atoms with Gasteiger partial charge in [0.2, 0.25) is 0 Å². The fourth-order valence-electron chi connectivity index (χ4n) is 0.920. The molecule has 1 amide bonds. The monoisotopic (exact) mass is 275 g/mol. The van der Waals surface area contributed by atoms with E-state index in [0.29, 0.717) is 12.8 Å². The minimum absolute atomic E-state index is 0.430. The number of methoxy groups -OCH3 is 1. The summed E-state index contributed by atoms with van der Waals surface area (Å²) >= 11 is 16.0. The lowest BCUT2D eigenvalue weighted by Crippen LogP contribution is -2.46. The molecule has 0 fully saturated rings. The number of carbonyl (C=O) groups is 2. The average molecular weight is 277 g/mol. The number of amides is 1. The zero-order chi connectivity index (χ0) is 12.1. The van der Waals surface area contributed by atoms with Crippen molar-refractivity contribution < 1.29 is 14.3 Å². The minimum atomic E-state index is -2.07. The van der Waals surface area contributed by atoms with Crippen LogP contribution < -0.4 is 5.32 Å². The van der Waals surface area contributed by atoms with E-state index in [0.717, 1.165) is 0 Å². The Hall–Kier alpha value is -0.190. The molecule has 0 unspecified atom stereocenters. The number of alkyl halides is 3. The van der Waals surface area contributed by atoms with Crippen molar-refractivity contribution in [2.45, 2.75) is 29.6 Å². The molecule has 1 atom stereocenters. The third-order valence-electron chi connectivity index (χ3n) is 1.63. The van der Waals surface area contributed by atoms with Crippen LogP contribution in [0.5, 0.6) is 0 Å². The number of rotatable bonds is 4. The molecule has 0 saturated carbocycles. The van der Waals surface area contributed by atoms with Gasteiger partial charge in [-0.25, -0.2) is 4.79 Å². The molecule has 0 saturated heterocycles. The molecule has 15 heavy (non-hydrogen) atoms. The molecule has 0 aliphatic heterocycles. The van der Waals surface area contributed by atoms with Crippen molar-refractivity contribution in [2.24, 2.45) is 0 Å². The molecule has 0 aromatic heterocycles. The van der Waals surface area contributed by atoms with Crippen LogP contribution in [0.15, 0.2) is 0 Å². The highest BCUT2D eigenvalue weighted by Crippen LogP contribution is 2.26. The van der Waals surface area contributed by atoms with E-state index in [2.05, 4.69) is 10.1 Å². The largest absolute Gasteiger partial charge is 0.467 e. The fourth-order valence-corrected chi connectivity index (χ4v) is 1.08. The van der Waals surface area contributed by atoms with E-state index >= 15 is 0 Å². The molecule has 0 spiro atoms. The number of hydrogen-bond acceptors (Lipinski definition) is 3. The molecule has 7 heteroatoms. The predicted molar refractivity (Wildman–Crippen MR) is 59.1 cm³/mol. The standard InChI is InChI=1S/C8H12Cl3NO3/c1-3-4-5(6(13)15-2)12-7(14)8(9,10)11/h5H,3-4H2,1-2H3,(H,12,14)/t5-/m0/s1. The summed E-state index contributed by atoms with van der Waals surface area (Å²) in [6.07, 6.45) is 1.12. The number of halogens is 3. The van der Waals surface area contributed by atoms with Crippen LogP contribution in [0.2, 0.25) is 0 Å². The van der Waals surface area contributed by atoms with E-state index in [1.165, 1.54) is 7.11 Å². The number of ether oxygens (including phenoxy) is 1. The maximum atomic E-state index is 11.3. The number of nitrogens with one attached hydrogen (secondary N) is 1. The molecule has 0 aliphatic carbocycles. The van der Waals surface area contributed by atoms with Crippen LogP contribution >= 0.6 is 34.8 Å². The predicted octanol–water partition coefficient (Wildman–Crippen LogP) is 1.81. The van der Waals surface area contributed by atoms with Gasteiger partial charge in [-0.3, -0.25) is 4.79 Å². The van der Waals surface area contributed by atoms with Crippen molar-refractivity contribution in [1.82, 2.24) is 5.32 Å². The lowest BCUT2D eigenvalue weighted by atomic mass is 10.1. The second-order valence-electron chi connectivity index (χ2n) is 2.84. The van der Waals surface area contributed by atoms with Gasteiger partial charge in [-0.15, -0.1) is 0 Å². The van der Waals surface area contributed by atoms with Crippen LogP contribution in [0.1, 0.15) is 19.8 Å². The van der Waals surface area contributed by atoms with E-state index in [4.69, 9.17) is 34.8 Å². The van der Waals surface area contributed by atoms with Crippen molar-refractivity contribution in [1.29, 1.82) is 0 Å². The van der Waals surface area contributed by atoms with E-state index in [1.807, 2.05) is 6.92 Å². The first-order chi connectivity index (χ1) is 6.82. The van der Waals surface area contributed by atoms with Crippen LogP contribution in [0.4, 0.5) is 0 Å². The van der Waals surface area contributed by atoms with Gasteiger partial charge in [0.05, 0.1) is 7.11 Å². The summed E-state index contributed by atoms with van der Waals surface area (Å²) in [4.78, 5) is 22.5. The zero-order valence-electron chi connectivity index (χ0n) is 8.35. The first-order valence-corrected chi connectivity index (χ1v) is 5.41. The third kappa shape index (κ3) is 5.44. The lowest BCUT2D eigenvalue weighted by Gasteiger charge is -2.18. The normalized spacial score (nSPS) is 13.1. The van der Waals surface area contributed by atoms with Crippen LogP contribution in [0.25, 0.3) is 0 Å². The summed E-state index contributed by atoms with van der Waals surface area (Å²) in [6.45, 7) is 1.86. The van der Waals surface area contributed by atoms with Gasteiger partial charge >= 0.3 is 5.97 Å². The fraction of sp³-hybridized carbons (Fsp3) is 0.750. The minimum Gasteiger partial charge on any atom is -0.467 e. The zero-order valence-corrected chi connectivity index (χ0v) is 10.6. The van der Waals surface area contributed by atoms with Crippen molar-refractivity contribution >= 4 is 46.7 Å². The molecule has 0 rings (SSSR count). The van der Waals surface area contributed by atoms with Gasteiger partial charge in [0.1, 0.15) is 6.04 Å². The van der Waals surface area contributed by atoms with Gasteiger partial charge in [0.15, 0.2) is 0 Å². The Balaban J connectivity index is 4.42. The van der Waals surface area contributed by atoms with Gasteiger partial charge in [-0.1, -0.05) is 48.1 Å². The highest BCUT2D eigenvalue weighted by Gasteiger charge is 2.33. The van der Waals surface area contributed by atoms with Crippen molar-refractivity contribution in [2.75, 3.05) is 7.11 Å².